The molecule has 6 heteroatoms. The Morgan fingerprint density at radius 2 is 1.89 bits per heavy atom. The van der Waals surface area contributed by atoms with Crippen LogP contribution in [0.2, 0.25) is 0 Å². The van der Waals surface area contributed by atoms with Gasteiger partial charge in [0.1, 0.15) is 17.2 Å². The lowest BCUT2D eigenvalue weighted by molar-refractivity contribution is 0.262. The molecule has 0 aliphatic carbocycles. The number of benzene rings is 1. The Kier molecular flexibility index (Phi) is 4.53. The molecule has 0 spiro atoms. The van der Waals surface area contributed by atoms with Crippen LogP contribution in [0.3, 0.4) is 0 Å². The molecule has 0 fully saturated rings. The van der Waals surface area contributed by atoms with Crippen molar-refractivity contribution in [3.05, 3.63) is 78.8 Å². The zero-order valence-electron chi connectivity index (χ0n) is 14.9. The Labute approximate surface area is 156 Å². The van der Waals surface area contributed by atoms with Crippen LogP contribution >= 0.6 is 0 Å². The molecule has 1 aromatic carbocycles. The van der Waals surface area contributed by atoms with Gasteiger partial charge in [-0.25, -0.2) is 9.78 Å². The maximum Gasteiger partial charge on any atom is 0.324 e. The Bertz CT molecular complexity index is 1090. The van der Waals surface area contributed by atoms with E-state index in [1.54, 1.807) is 12.4 Å². The van der Waals surface area contributed by atoms with E-state index in [1.165, 1.54) is 5.56 Å². The standard InChI is InChI=1S/C21H19N5O/c1-2-15-6-5-7-17(14-15)23-21(27)25-20-19(16-9-11-22-12-10-16)24-18-8-3-4-13-26(18)20/h3-14H,2H2,1H3,(H2,23,25,27). The van der Waals surface area contributed by atoms with E-state index in [2.05, 4.69) is 27.5 Å². The van der Waals surface area contributed by atoms with Crippen LogP contribution in [0.25, 0.3) is 16.9 Å². The summed E-state index contributed by atoms with van der Waals surface area (Å²) in [5.74, 6) is 0.612. The van der Waals surface area contributed by atoms with Gasteiger partial charge in [0.15, 0.2) is 0 Å². The first-order chi connectivity index (χ1) is 13.2. The number of urea groups is 1. The summed E-state index contributed by atoms with van der Waals surface area (Å²) in [5.41, 5.74) is 4.26. The van der Waals surface area contributed by atoms with Crippen LogP contribution in [0.5, 0.6) is 0 Å². The molecule has 3 heterocycles. The molecule has 6 nitrogen and oxygen atoms in total. The van der Waals surface area contributed by atoms with Crippen molar-refractivity contribution in [2.75, 3.05) is 10.6 Å². The fourth-order valence-corrected chi connectivity index (χ4v) is 2.97. The number of aryl methyl sites for hydroxylation is 1. The van der Waals surface area contributed by atoms with Crippen molar-refractivity contribution in [2.24, 2.45) is 0 Å². The van der Waals surface area contributed by atoms with Crippen molar-refractivity contribution in [1.82, 2.24) is 14.4 Å². The number of rotatable bonds is 4. The van der Waals surface area contributed by atoms with Crippen LogP contribution in [-0.2, 0) is 6.42 Å². The number of fused-ring (bicyclic) bond motifs is 1. The maximum absolute atomic E-state index is 12.6. The number of nitrogens with one attached hydrogen (secondary N) is 2. The highest BCUT2D eigenvalue weighted by Gasteiger charge is 2.16. The van der Waals surface area contributed by atoms with Gasteiger partial charge in [-0.05, 0) is 48.4 Å². The normalized spacial score (nSPS) is 10.7. The first-order valence-electron chi connectivity index (χ1n) is 8.79. The average molecular weight is 357 g/mol. The maximum atomic E-state index is 12.6. The quantitative estimate of drug-likeness (QED) is 0.560. The summed E-state index contributed by atoms with van der Waals surface area (Å²) in [6, 6.07) is 17.0. The van der Waals surface area contributed by atoms with Crippen molar-refractivity contribution < 1.29 is 4.79 Å². The Morgan fingerprint density at radius 1 is 1.04 bits per heavy atom. The van der Waals surface area contributed by atoms with Gasteiger partial charge in [0.05, 0.1) is 0 Å². The van der Waals surface area contributed by atoms with E-state index in [0.717, 1.165) is 23.3 Å². The molecule has 0 saturated carbocycles. The number of anilines is 2. The molecule has 3 aromatic heterocycles. The van der Waals surface area contributed by atoms with Crippen molar-refractivity contribution in [3.63, 3.8) is 0 Å². The third kappa shape index (κ3) is 3.50. The number of pyridine rings is 2. The summed E-state index contributed by atoms with van der Waals surface area (Å²) in [6.07, 6.45) is 6.20. The van der Waals surface area contributed by atoms with E-state index in [4.69, 9.17) is 0 Å². The monoisotopic (exact) mass is 357 g/mol. The van der Waals surface area contributed by atoms with Gasteiger partial charge >= 0.3 is 6.03 Å². The van der Waals surface area contributed by atoms with Crippen LogP contribution in [0, 0.1) is 0 Å². The van der Waals surface area contributed by atoms with Crippen LogP contribution in [0.4, 0.5) is 16.3 Å². The van der Waals surface area contributed by atoms with Crippen LogP contribution < -0.4 is 10.6 Å². The SMILES string of the molecule is CCc1cccc(NC(=O)Nc2c(-c3ccncc3)nc3ccccn23)c1. The summed E-state index contributed by atoms with van der Waals surface area (Å²) >= 11 is 0. The summed E-state index contributed by atoms with van der Waals surface area (Å²) in [5, 5.41) is 5.84. The van der Waals surface area contributed by atoms with E-state index in [-0.39, 0.29) is 6.03 Å². The third-order valence-electron chi connectivity index (χ3n) is 4.31. The predicted octanol–water partition coefficient (Wildman–Crippen LogP) is 4.60. The average Bonchev–Trinajstić information content (AvgIpc) is 3.07. The second kappa shape index (κ2) is 7.29. The molecule has 27 heavy (non-hydrogen) atoms. The molecule has 0 radical (unpaired) electrons. The number of hydrogen-bond acceptors (Lipinski definition) is 3. The van der Waals surface area contributed by atoms with Gasteiger partial charge in [-0.1, -0.05) is 25.1 Å². The highest BCUT2D eigenvalue weighted by atomic mass is 16.2. The molecular weight excluding hydrogens is 338 g/mol. The van der Waals surface area contributed by atoms with E-state index >= 15 is 0 Å². The second-order valence-corrected chi connectivity index (χ2v) is 6.11. The van der Waals surface area contributed by atoms with E-state index in [1.807, 2.05) is 65.2 Å². The van der Waals surface area contributed by atoms with Gasteiger partial charge in [0.25, 0.3) is 0 Å². The highest BCUT2D eigenvalue weighted by Crippen LogP contribution is 2.28. The largest absolute Gasteiger partial charge is 0.324 e. The first-order valence-corrected chi connectivity index (χ1v) is 8.79. The molecule has 4 rings (SSSR count). The number of aromatic nitrogens is 3. The number of nitrogens with zero attached hydrogens (tertiary/aromatic N) is 3. The van der Waals surface area contributed by atoms with Gasteiger partial charge < -0.3 is 5.32 Å². The predicted molar refractivity (Wildman–Crippen MR) is 107 cm³/mol. The molecule has 0 aliphatic rings. The van der Waals surface area contributed by atoms with E-state index in [9.17, 15) is 4.79 Å². The van der Waals surface area contributed by atoms with Gasteiger partial charge in [-0.3, -0.25) is 14.7 Å². The number of carbonyl (C=O) groups is 1. The van der Waals surface area contributed by atoms with Gasteiger partial charge in [0.2, 0.25) is 0 Å². The second-order valence-electron chi connectivity index (χ2n) is 6.11. The Balaban J connectivity index is 1.67. The fourth-order valence-electron chi connectivity index (χ4n) is 2.97. The third-order valence-corrected chi connectivity index (χ3v) is 4.31. The first kappa shape index (κ1) is 16.8. The number of carbonyl (C=O) groups excluding carboxylic acids is 1. The fraction of sp³-hybridized carbons (Fsp3) is 0.0952. The van der Waals surface area contributed by atoms with Crippen molar-refractivity contribution >= 4 is 23.2 Å². The Hall–Kier alpha value is -3.67. The summed E-state index contributed by atoms with van der Waals surface area (Å²) in [7, 11) is 0. The minimum absolute atomic E-state index is 0.316. The molecule has 0 atom stereocenters. The zero-order valence-corrected chi connectivity index (χ0v) is 14.9. The smallest absolute Gasteiger partial charge is 0.308 e. The molecule has 2 amide bonds. The Morgan fingerprint density at radius 3 is 2.70 bits per heavy atom. The number of amides is 2. The topological polar surface area (TPSA) is 71.3 Å². The van der Waals surface area contributed by atoms with Gasteiger partial charge in [-0.2, -0.15) is 0 Å². The van der Waals surface area contributed by atoms with Crippen molar-refractivity contribution in [3.8, 4) is 11.3 Å². The van der Waals surface area contributed by atoms with E-state index < -0.39 is 0 Å². The summed E-state index contributed by atoms with van der Waals surface area (Å²) in [6.45, 7) is 2.08. The molecular formula is C21H19N5O. The lowest BCUT2D eigenvalue weighted by Gasteiger charge is -2.10. The number of imidazole rings is 1. The molecule has 134 valence electrons. The number of hydrogen-bond donors (Lipinski definition) is 2. The van der Waals surface area contributed by atoms with Crippen molar-refractivity contribution in [1.29, 1.82) is 0 Å². The highest BCUT2D eigenvalue weighted by molar-refractivity contribution is 6.01. The molecule has 0 aliphatic heterocycles. The minimum atomic E-state index is -0.316. The zero-order chi connectivity index (χ0) is 18.6. The summed E-state index contributed by atoms with van der Waals surface area (Å²) in [4.78, 5) is 21.3. The molecule has 0 bridgehead atoms. The lowest BCUT2D eigenvalue weighted by atomic mass is 10.1. The molecule has 0 unspecified atom stereocenters. The van der Waals surface area contributed by atoms with Crippen molar-refractivity contribution in [2.45, 2.75) is 13.3 Å². The van der Waals surface area contributed by atoms with Gasteiger partial charge in [0, 0.05) is 29.8 Å². The molecule has 4 aromatic rings. The van der Waals surface area contributed by atoms with Crippen LogP contribution in [-0.4, -0.2) is 20.4 Å². The summed E-state index contributed by atoms with van der Waals surface area (Å²) < 4.78 is 1.86. The van der Waals surface area contributed by atoms with Crippen LogP contribution in [0.1, 0.15) is 12.5 Å². The molecule has 0 saturated heterocycles. The van der Waals surface area contributed by atoms with E-state index in [0.29, 0.717) is 11.5 Å². The minimum Gasteiger partial charge on any atom is -0.308 e. The molecule has 2 N–H and O–H groups in total. The van der Waals surface area contributed by atoms with Crippen LogP contribution in [0.15, 0.2) is 73.2 Å². The van der Waals surface area contributed by atoms with Gasteiger partial charge in [-0.15, -0.1) is 0 Å². The lowest BCUT2D eigenvalue weighted by Crippen LogP contribution is -2.20.